The molecule has 1 fully saturated rings. The molecule has 1 amide bonds. The highest BCUT2D eigenvalue weighted by Crippen LogP contribution is 2.45. The van der Waals surface area contributed by atoms with Gasteiger partial charge in [0.2, 0.25) is 0 Å². The average Bonchev–Trinajstić information content (AvgIpc) is 3.15. The number of amides is 1. The molecule has 4 rings (SSSR count). The van der Waals surface area contributed by atoms with Crippen LogP contribution in [0.15, 0.2) is 60.2 Å². The van der Waals surface area contributed by atoms with Gasteiger partial charge in [0.1, 0.15) is 23.0 Å². The van der Waals surface area contributed by atoms with Gasteiger partial charge >= 0.3 is 0 Å². The summed E-state index contributed by atoms with van der Waals surface area (Å²) in [5, 5.41) is 11.9. The number of hydrogen-bond donors (Lipinski definition) is 1. The second-order valence-corrected chi connectivity index (χ2v) is 9.77. The molecule has 38 heavy (non-hydrogen) atoms. The van der Waals surface area contributed by atoms with E-state index in [4.69, 9.17) is 25.8 Å². The molecule has 3 aromatic carbocycles. The second-order valence-electron chi connectivity index (χ2n) is 9.36. The van der Waals surface area contributed by atoms with Crippen LogP contribution in [0.4, 0.5) is 5.69 Å². The van der Waals surface area contributed by atoms with E-state index < -0.39 is 23.5 Å². The summed E-state index contributed by atoms with van der Waals surface area (Å²) in [6.45, 7) is 7.73. The number of rotatable bonds is 7. The van der Waals surface area contributed by atoms with Gasteiger partial charge in [0.25, 0.3) is 11.7 Å². The number of carbonyl (C=O) groups is 2. The van der Waals surface area contributed by atoms with Gasteiger partial charge in [-0.05, 0) is 74.7 Å². The van der Waals surface area contributed by atoms with Gasteiger partial charge in [-0.15, -0.1) is 0 Å². The third-order valence-electron chi connectivity index (χ3n) is 6.49. The van der Waals surface area contributed by atoms with Crippen LogP contribution in [0.5, 0.6) is 17.2 Å². The number of ether oxygens (including phenoxy) is 3. The van der Waals surface area contributed by atoms with E-state index in [0.29, 0.717) is 17.0 Å². The molecule has 1 unspecified atom stereocenters. The van der Waals surface area contributed by atoms with Crippen LogP contribution in [-0.4, -0.2) is 37.1 Å². The topological polar surface area (TPSA) is 85.3 Å². The standard InChI is InChI=1S/C30H30ClNO6/c1-16(2)38-21-9-7-8-19(13-21)27-26(28(33)22-14-25(37-6)23(31)15-24(22)36-5)29(34)30(35)32(27)20-11-10-17(3)18(4)12-20/h7-16,27,33H,1-6H3/b28-26+. The summed E-state index contributed by atoms with van der Waals surface area (Å²) in [7, 11) is 2.86. The molecule has 1 saturated heterocycles. The number of methoxy groups -OCH3 is 2. The number of Topliss-reactive ketones (excluding diaryl/α,β-unsaturated/α-hetero) is 1. The van der Waals surface area contributed by atoms with Crippen molar-refractivity contribution in [2.24, 2.45) is 0 Å². The molecule has 1 aliphatic heterocycles. The van der Waals surface area contributed by atoms with Gasteiger partial charge < -0.3 is 19.3 Å². The van der Waals surface area contributed by atoms with Crippen LogP contribution in [-0.2, 0) is 9.59 Å². The third-order valence-corrected chi connectivity index (χ3v) is 6.78. The molecule has 1 atom stereocenters. The number of aryl methyl sites for hydroxylation is 2. The summed E-state index contributed by atoms with van der Waals surface area (Å²) < 4.78 is 16.7. The van der Waals surface area contributed by atoms with Gasteiger partial charge in [-0.1, -0.05) is 29.8 Å². The van der Waals surface area contributed by atoms with Crippen molar-refractivity contribution in [1.82, 2.24) is 0 Å². The summed E-state index contributed by atoms with van der Waals surface area (Å²) in [5.74, 6) is -0.898. The Morgan fingerprint density at radius 2 is 1.66 bits per heavy atom. The summed E-state index contributed by atoms with van der Waals surface area (Å²) in [4.78, 5) is 28.5. The number of halogens is 1. The molecule has 198 valence electrons. The zero-order chi connectivity index (χ0) is 27.7. The normalized spacial score (nSPS) is 16.7. The highest BCUT2D eigenvalue weighted by molar-refractivity contribution is 6.51. The molecular formula is C30H30ClNO6. The Morgan fingerprint density at radius 3 is 2.29 bits per heavy atom. The Morgan fingerprint density at radius 1 is 0.947 bits per heavy atom. The first-order valence-electron chi connectivity index (χ1n) is 12.1. The summed E-state index contributed by atoms with van der Waals surface area (Å²) in [6, 6.07) is 14.7. The van der Waals surface area contributed by atoms with Crippen molar-refractivity contribution in [2.75, 3.05) is 19.1 Å². The molecule has 1 heterocycles. The minimum absolute atomic E-state index is 0.0813. The summed E-state index contributed by atoms with van der Waals surface area (Å²) >= 11 is 6.26. The number of carbonyl (C=O) groups excluding carboxylic acids is 2. The largest absolute Gasteiger partial charge is 0.507 e. The van der Waals surface area contributed by atoms with Crippen molar-refractivity contribution in [3.8, 4) is 17.2 Å². The fourth-order valence-electron chi connectivity index (χ4n) is 4.51. The number of nitrogens with zero attached hydrogens (tertiary/aromatic N) is 1. The maximum absolute atomic E-state index is 13.6. The van der Waals surface area contributed by atoms with Crippen molar-refractivity contribution in [1.29, 1.82) is 0 Å². The lowest BCUT2D eigenvalue weighted by atomic mass is 9.94. The van der Waals surface area contributed by atoms with Crippen LogP contribution in [0.1, 0.15) is 42.1 Å². The van der Waals surface area contributed by atoms with E-state index in [1.807, 2.05) is 39.8 Å². The number of aliphatic hydroxyl groups excluding tert-OH is 1. The molecule has 1 aliphatic rings. The maximum Gasteiger partial charge on any atom is 0.300 e. The molecule has 3 aromatic rings. The van der Waals surface area contributed by atoms with E-state index in [2.05, 4.69) is 0 Å². The van der Waals surface area contributed by atoms with Crippen molar-refractivity contribution < 1.29 is 28.9 Å². The van der Waals surface area contributed by atoms with Crippen molar-refractivity contribution in [2.45, 2.75) is 39.8 Å². The third kappa shape index (κ3) is 4.94. The molecule has 0 aromatic heterocycles. The predicted molar refractivity (Wildman–Crippen MR) is 147 cm³/mol. The zero-order valence-corrected chi connectivity index (χ0v) is 22.9. The smallest absolute Gasteiger partial charge is 0.300 e. The van der Waals surface area contributed by atoms with Gasteiger partial charge in [0, 0.05) is 11.8 Å². The quantitative estimate of drug-likeness (QED) is 0.214. The van der Waals surface area contributed by atoms with Gasteiger partial charge in [0.05, 0.1) is 42.5 Å². The summed E-state index contributed by atoms with van der Waals surface area (Å²) in [6.07, 6.45) is -0.0813. The monoisotopic (exact) mass is 535 g/mol. The number of aliphatic hydroxyl groups is 1. The minimum atomic E-state index is -0.931. The molecular weight excluding hydrogens is 506 g/mol. The molecule has 0 radical (unpaired) electrons. The first-order valence-corrected chi connectivity index (χ1v) is 12.5. The van der Waals surface area contributed by atoms with Gasteiger partial charge in [-0.3, -0.25) is 14.5 Å². The first-order chi connectivity index (χ1) is 18.1. The SMILES string of the molecule is COc1cc(/C(O)=C2\C(=O)C(=O)N(c3ccc(C)c(C)c3)C2c2cccc(OC(C)C)c2)c(OC)cc1Cl. The van der Waals surface area contributed by atoms with E-state index in [-0.39, 0.29) is 33.8 Å². The van der Waals surface area contributed by atoms with Crippen LogP contribution < -0.4 is 19.1 Å². The second kappa shape index (κ2) is 10.8. The fourth-order valence-corrected chi connectivity index (χ4v) is 4.74. The van der Waals surface area contributed by atoms with Gasteiger partial charge in [-0.2, -0.15) is 0 Å². The van der Waals surface area contributed by atoms with Crippen LogP contribution >= 0.6 is 11.6 Å². The van der Waals surface area contributed by atoms with Crippen LogP contribution in [0.3, 0.4) is 0 Å². The summed E-state index contributed by atoms with van der Waals surface area (Å²) in [5.41, 5.74) is 3.23. The van der Waals surface area contributed by atoms with E-state index in [9.17, 15) is 14.7 Å². The maximum atomic E-state index is 13.6. The van der Waals surface area contributed by atoms with E-state index in [1.165, 1.54) is 31.3 Å². The number of hydrogen-bond acceptors (Lipinski definition) is 6. The van der Waals surface area contributed by atoms with E-state index in [1.54, 1.807) is 30.3 Å². The lowest BCUT2D eigenvalue weighted by Crippen LogP contribution is -2.29. The van der Waals surface area contributed by atoms with Crippen LogP contribution in [0.25, 0.3) is 5.76 Å². The Hall–Kier alpha value is -3.97. The molecule has 1 N–H and O–H groups in total. The average molecular weight is 536 g/mol. The Kier molecular flexibility index (Phi) is 7.69. The first kappa shape index (κ1) is 27.1. The molecule has 8 heteroatoms. The predicted octanol–water partition coefficient (Wildman–Crippen LogP) is 6.39. The Balaban J connectivity index is 2.00. The van der Waals surface area contributed by atoms with Crippen LogP contribution in [0, 0.1) is 13.8 Å². The van der Waals surface area contributed by atoms with Crippen molar-refractivity contribution >= 4 is 34.7 Å². The molecule has 0 bridgehead atoms. The van der Waals surface area contributed by atoms with Crippen molar-refractivity contribution in [3.63, 3.8) is 0 Å². The van der Waals surface area contributed by atoms with Crippen molar-refractivity contribution in [3.05, 3.63) is 87.4 Å². The van der Waals surface area contributed by atoms with Gasteiger partial charge in [-0.25, -0.2) is 0 Å². The van der Waals surface area contributed by atoms with E-state index in [0.717, 1.165) is 11.1 Å². The molecule has 7 nitrogen and oxygen atoms in total. The Labute approximate surface area is 227 Å². The van der Waals surface area contributed by atoms with E-state index >= 15 is 0 Å². The molecule has 0 aliphatic carbocycles. The lowest BCUT2D eigenvalue weighted by Gasteiger charge is -2.26. The fraction of sp³-hybridized carbons (Fsp3) is 0.267. The van der Waals surface area contributed by atoms with Gasteiger partial charge in [0.15, 0.2) is 0 Å². The zero-order valence-electron chi connectivity index (χ0n) is 22.2. The Bertz CT molecular complexity index is 1440. The lowest BCUT2D eigenvalue weighted by molar-refractivity contribution is -0.132. The highest BCUT2D eigenvalue weighted by atomic mass is 35.5. The highest BCUT2D eigenvalue weighted by Gasteiger charge is 2.47. The number of anilines is 1. The number of ketones is 1. The van der Waals surface area contributed by atoms with Crippen LogP contribution in [0.2, 0.25) is 5.02 Å². The minimum Gasteiger partial charge on any atom is -0.507 e. The molecule has 0 spiro atoms. The number of benzene rings is 3. The molecule has 0 saturated carbocycles.